The maximum Gasteiger partial charge on any atom is 0.278 e. The van der Waals surface area contributed by atoms with Crippen molar-refractivity contribution >= 4 is 11.8 Å². The summed E-state index contributed by atoms with van der Waals surface area (Å²) in [7, 11) is 0. The zero-order chi connectivity index (χ0) is 52.2. The van der Waals surface area contributed by atoms with Crippen molar-refractivity contribution in [2.75, 3.05) is 36.6 Å². The molecule has 0 saturated heterocycles. The number of amides is 2. The van der Waals surface area contributed by atoms with Gasteiger partial charge in [0.25, 0.3) is 11.8 Å². The Bertz CT molecular complexity index is 3410. The summed E-state index contributed by atoms with van der Waals surface area (Å²) in [6, 6.07) is 39.2. The Labute approximate surface area is 461 Å². The van der Waals surface area contributed by atoms with Crippen LogP contribution in [0.15, 0.2) is 186 Å². The van der Waals surface area contributed by atoms with Gasteiger partial charge in [-0.2, -0.15) is 0 Å². The van der Waals surface area contributed by atoms with Crippen LogP contribution in [0.1, 0.15) is 117 Å². The molecule has 0 spiro atoms. The second-order valence-corrected chi connectivity index (χ2v) is 18.3. The fourth-order valence-corrected chi connectivity index (χ4v) is 10.2. The Morgan fingerprint density at radius 2 is 0.975 bits per heavy atom. The Morgan fingerprint density at radius 1 is 0.544 bits per heavy atom. The van der Waals surface area contributed by atoms with Gasteiger partial charge in [-0.15, -0.1) is 0 Å². The van der Waals surface area contributed by atoms with Gasteiger partial charge in [-0.3, -0.25) is 38.5 Å². The molecular weight excluding hydrogens is 1010 g/mol. The summed E-state index contributed by atoms with van der Waals surface area (Å²) in [4.78, 5) is 56.6. The third-order valence-electron chi connectivity index (χ3n) is 13.8. The first-order chi connectivity index (χ1) is 36.6. The number of carbonyl (C=O) groups is 2. The molecule has 14 nitrogen and oxygen atoms in total. The largest absolute Gasteiger partial charge is 0.502 e. The first kappa shape index (κ1) is 59.3. The number of carbonyl (C=O) groups excluding carboxylic acids is 2. The van der Waals surface area contributed by atoms with E-state index in [0.29, 0.717) is 24.0 Å². The predicted molar refractivity (Wildman–Crippen MR) is 306 cm³/mol. The molecule has 6 heterocycles. The maximum atomic E-state index is 15.3. The van der Waals surface area contributed by atoms with Crippen LogP contribution in [0.2, 0.25) is 0 Å². The second kappa shape index (κ2) is 25.9. The van der Waals surface area contributed by atoms with Crippen LogP contribution >= 0.6 is 0 Å². The van der Waals surface area contributed by atoms with Crippen molar-refractivity contribution in [2.45, 2.75) is 87.2 Å². The number of pyridine rings is 2. The predicted octanol–water partition coefficient (Wildman–Crippen LogP) is 11.5. The van der Waals surface area contributed by atoms with Crippen molar-refractivity contribution in [3.63, 3.8) is 0 Å². The number of nitrogens with zero attached hydrogens (tertiary/aromatic N) is 6. The van der Waals surface area contributed by atoms with Gasteiger partial charge in [0.2, 0.25) is 10.9 Å². The molecule has 0 radical (unpaired) electrons. The minimum atomic E-state index is -0.639. The molecule has 79 heavy (non-hydrogen) atoms. The molecule has 1 N–H and O–H groups in total. The zero-order valence-corrected chi connectivity index (χ0v) is 41.2. The quantitative estimate of drug-likeness (QED) is 0.154. The molecule has 0 aliphatic carbocycles. The van der Waals surface area contributed by atoms with Gasteiger partial charge < -0.3 is 29.1 Å². The van der Waals surface area contributed by atoms with Crippen LogP contribution in [0, 0.1) is 11.6 Å². The van der Waals surface area contributed by atoms with Crippen LogP contribution in [-0.4, -0.2) is 74.7 Å². The number of aromatic hydroxyl groups is 1. The number of rotatable bonds is 7. The zero-order valence-electron chi connectivity index (χ0n) is 41.2. The number of benzene rings is 5. The van der Waals surface area contributed by atoms with Crippen LogP contribution < -0.4 is 35.1 Å². The van der Waals surface area contributed by atoms with E-state index < -0.39 is 40.8 Å². The summed E-state index contributed by atoms with van der Waals surface area (Å²) in [5.74, 6) is -2.10. The van der Waals surface area contributed by atoms with Gasteiger partial charge >= 0.3 is 0 Å². The van der Waals surface area contributed by atoms with Crippen molar-refractivity contribution in [2.24, 2.45) is 0 Å². The highest BCUT2D eigenvalue weighted by Crippen LogP contribution is 2.41. The van der Waals surface area contributed by atoms with Gasteiger partial charge in [0.05, 0.1) is 12.1 Å². The van der Waals surface area contributed by atoms with E-state index in [9.17, 15) is 24.3 Å². The van der Waals surface area contributed by atoms with Crippen LogP contribution in [-0.2, 0) is 6.61 Å². The van der Waals surface area contributed by atoms with E-state index >= 15 is 8.78 Å². The summed E-state index contributed by atoms with van der Waals surface area (Å²) >= 11 is 0. The molecule has 4 bridgehead atoms. The first-order valence-electron chi connectivity index (χ1n) is 24.9. The smallest absolute Gasteiger partial charge is 0.278 e. The third-order valence-corrected chi connectivity index (χ3v) is 13.8. The fourth-order valence-electron chi connectivity index (χ4n) is 10.2. The van der Waals surface area contributed by atoms with E-state index in [-0.39, 0.29) is 115 Å². The summed E-state index contributed by atoms with van der Waals surface area (Å²) in [6.45, 7) is 4.67. The monoisotopic (exact) mass is 1080 g/mol. The van der Waals surface area contributed by atoms with Gasteiger partial charge in [-0.25, -0.2) is 8.78 Å². The van der Waals surface area contributed by atoms with E-state index in [4.69, 9.17) is 14.2 Å². The topological polar surface area (TPSA) is 139 Å². The second-order valence-electron chi connectivity index (χ2n) is 18.3. The lowest BCUT2D eigenvalue weighted by atomic mass is 9.96. The number of aromatic nitrogens is 2. The van der Waals surface area contributed by atoms with Crippen molar-refractivity contribution in [1.82, 2.24) is 19.2 Å². The molecule has 5 aromatic carbocycles. The summed E-state index contributed by atoms with van der Waals surface area (Å²) in [6.07, 6.45) is 11.6. The minimum absolute atomic E-state index is 0. The highest BCUT2D eigenvalue weighted by atomic mass is 19.1. The van der Waals surface area contributed by atoms with E-state index in [1.807, 2.05) is 139 Å². The molecule has 2 amide bonds. The number of hydrogen-bond donors (Lipinski definition) is 1. The summed E-state index contributed by atoms with van der Waals surface area (Å²) < 4.78 is 51.5. The lowest BCUT2D eigenvalue weighted by Gasteiger charge is -2.46. The number of ether oxygens (including phenoxy) is 3. The summed E-state index contributed by atoms with van der Waals surface area (Å²) in [5, 5.41) is 14.5. The summed E-state index contributed by atoms with van der Waals surface area (Å²) in [5.41, 5.74) is 2.72. The van der Waals surface area contributed by atoms with Crippen LogP contribution in [0.4, 0.5) is 8.78 Å². The van der Waals surface area contributed by atoms with E-state index in [2.05, 4.69) is 0 Å². The van der Waals surface area contributed by atoms with Crippen molar-refractivity contribution in [3.8, 4) is 23.0 Å². The average molecular weight is 1080 g/mol. The Balaban J connectivity index is 0.000000247. The molecule has 4 atom stereocenters. The molecule has 2 aromatic heterocycles. The lowest BCUT2D eigenvalue weighted by Crippen LogP contribution is -2.58. The molecule has 7 aromatic rings. The molecular formula is C63H70F2N6O8. The maximum absolute atomic E-state index is 15.3. The SMILES string of the molecule is C.C.C.C.CC[C@@H]1/C=C/COc2c(F)cccc2[C@@H](c2ccccc2)N2CN1C(=O)c1c(O)c(=O)ccn12.CC[C@@H]1/C=C/COc2c(F)cccc2[C@@H](c2ccccc2)N2CN1C(=O)c1c(OCc3ccccc3)c(=O)ccn12. The van der Waals surface area contributed by atoms with E-state index in [1.54, 1.807) is 44.9 Å². The molecule has 4 aliphatic heterocycles. The molecule has 4 aliphatic rings. The highest BCUT2D eigenvalue weighted by molar-refractivity contribution is 5.97. The normalized spacial score (nSPS) is 18.7. The molecule has 11 rings (SSSR count). The highest BCUT2D eigenvalue weighted by Gasteiger charge is 2.42. The minimum Gasteiger partial charge on any atom is -0.502 e. The Kier molecular flexibility index (Phi) is 19.5. The number of halogens is 2. The lowest BCUT2D eigenvalue weighted by molar-refractivity contribution is 0.0617. The Hall–Kier alpha value is -8.92. The van der Waals surface area contributed by atoms with Crippen LogP contribution in [0.25, 0.3) is 0 Å². The van der Waals surface area contributed by atoms with Gasteiger partial charge in [0.15, 0.2) is 46.0 Å². The first-order valence-corrected chi connectivity index (χ1v) is 24.9. The van der Waals surface area contributed by atoms with Gasteiger partial charge in [-0.1, -0.05) is 171 Å². The number of para-hydroxylation sites is 2. The van der Waals surface area contributed by atoms with Gasteiger partial charge in [-0.05, 0) is 53.8 Å². The Morgan fingerprint density at radius 3 is 1.44 bits per heavy atom. The van der Waals surface area contributed by atoms with Crippen molar-refractivity contribution in [1.29, 1.82) is 0 Å². The van der Waals surface area contributed by atoms with Crippen molar-refractivity contribution < 1.29 is 37.7 Å². The molecule has 414 valence electrons. The molecule has 0 saturated carbocycles. The van der Waals surface area contributed by atoms with Crippen LogP contribution in [0.5, 0.6) is 23.0 Å². The van der Waals surface area contributed by atoms with Gasteiger partial charge in [0, 0.05) is 35.7 Å². The van der Waals surface area contributed by atoms with Gasteiger partial charge in [0.1, 0.15) is 45.2 Å². The number of hydrogen-bond acceptors (Lipinski definition) is 10. The standard InChI is InChI=1S/C33H30FN3O4.C26H24FN3O4.4CH4/c1-2-25-15-10-20-40-31-26(16-9-17-27(31)34)29(24-13-7-4-8-14-24)37-22-35(25)33(39)30-32(28(38)18-19-36(30)37)41-21-23-11-5-3-6-12-23;1-2-18-10-7-15-34-25-19(11-6-12-20(25)27)22(17-8-4-3-5-9-17)30-16-28(18)26(33)23-24(32)21(31)13-14-29(23)30;;;;/h3-19,25,29H,2,20-22H2,1H3;3-14,18,22,32H,2,15-16H2,1H3;4*1H4/b15-10+;10-7+;;;;/t25-,29-;18-,22-;;;;/m11..../s1. The molecule has 0 fully saturated rings. The fraction of sp³-hybridized carbons (Fsp3) is 0.270. The number of fused-ring (bicyclic) bond motifs is 10. The molecule has 16 heteroatoms. The molecule has 0 unspecified atom stereocenters. The van der Waals surface area contributed by atoms with Crippen molar-refractivity contribution in [3.05, 3.63) is 248 Å². The average Bonchev–Trinajstić information content (AvgIpc) is 3.51. The van der Waals surface area contributed by atoms with E-state index in [0.717, 1.165) is 16.7 Å². The van der Waals surface area contributed by atoms with Crippen LogP contribution in [0.3, 0.4) is 0 Å². The third kappa shape index (κ3) is 11.5. The van der Waals surface area contributed by atoms with E-state index in [1.165, 1.54) is 35.1 Å².